The zero-order valence-electron chi connectivity index (χ0n) is 10.4. The number of anilines is 1. The van der Waals surface area contributed by atoms with Crippen molar-refractivity contribution in [3.63, 3.8) is 0 Å². The Labute approximate surface area is 100 Å². The summed E-state index contributed by atoms with van der Waals surface area (Å²) in [6.07, 6.45) is 1.95. The molecule has 90 valence electrons. The van der Waals surface area contributed by atoms with Crippen LogP contribution < -0.4 is 5.73 Å². The second kappa shape index (κ2) is 4.53. The number of nitrogens with one attached hydrogen (secondary N) is 1. The summed E-state index contributed by atoms with van der Waals surface area (Å²) in [4.78, 5) is 0. The summed E-state index contributed by atoms with van der Waals surface area (Å²) in [6, 6.07) is 2.01. The predicted octanol–water partition coefficient (Wildman–Crippen LogP) is 2.02. The topological polar surface area (TPSA) is 80.5 Å². The Hall–Kier alpha value is -1.91. The Kier molecular flexibility index (Phi) is 3.08. The highest BCUT2D eigenvalue weighted by Crippen LogP contribution is 2.28. The molecule has 0 aliphatic heterocycles. The zero-order valence-corrected chi connectivity index (χ0v) is 10.4. The molecular weight excluding hydrogens is 214 g/mol. The summed E-state index contributed by atoms with van der Waals surface area (Å²) < 4.78 is 0. The molecule has 0 unspecified atom stereocenters. The third kappa shape index (κ3) is 2.13. The highest BCUT2D eigenvalue weighted by Gasteiger charge is 2.14. The van der Waals surface area contributed by atoms with E-state index in [2.05, 4.69) is 27.3 Å². The molecule has 0 aliphatic carbocycles. The van der Waals surface area contributed by atoms with Crippen LogP contribution in [0.3, 0.4) is 0 Å². The smallest absolute Gasteiger partial charge is 0.149 e. The van der Waals surface area contributed by atoms with Crippen molar-refractivity contribution in [2.75, 3.05) is 5.73 Å². The number of nitrogens with two attached hydrogens (primary N) is 1. The predicted molar refractivity (Wildman–Crippen MR) is 67.5 cm³/mol. The Bertz CT molecular complexity index is 530. The van der Waals surface area contributed by atoms with E-state index in [1.54, 1.807) is 0 Å². The van der Waals surface area contributed by atoms with Gasteiger partial charge in [-0.2, -0.15) is 15.3 Å². The van der Waals surface area contributed by atoms with Crippen LogP contribution in [0.1, 0.15) is 30.3 Å². The average Bonchev–Trinajstić information content (AvgIpc) is 2.65. The molecule has 2 rings (SSSR count). The fourth-order valence-corrected chi connectivity index (χ4v) is 1.91. The second-order valence-electron chi connectivity index (χ2n) is 4.20. The number of nitrogen functional groups attached to an aromatic ring is 1. The lowest BCUT2D eigenvalue weighted by molar-refractivity contribution is 0.919. The first-order valence-electron chi connectivity index (χ1n) is 5.77. The lowest BCUT2D eigenvalue weighted by atomic mass is 10.0. The van der Waals surface area contributed by atoms with Crippen molar-refractivity contribution >= 4 is 5.82 Å². The number of nitrogens with zero attached hydrogens (tertiary/aromatic N) is 3. The molecule has 0 bridgehead atoms. The molecule has 0 spiro atoms. The third-order valence-electron chi connectivity index (χ3n) is 2.77. The zero-order chi connectivity index (χ0) is 12.4. The molecule has 5 heteroatoms. The van der Waals surface area contributed by atoms with E-state index in [0.717, 1.165) is 41.1 Å². The van der Waals surface area contributed by atoms with Crippen molar-refractivity contribution in [3.8, 4) is 11.3 Å². The molecule has 0 aromatic carbocycles. The fourth-order valence-electron chi connectivity index (χ4n) is 1.91. The van der Waals surface area contributed by atoms with E-state index in [0.29, 0.717) is 5.82 Å². The van der Waals surface area contributed by atoms with E-state index < -0.39 is 0 Å². The second-order valence-corrected chi connectivity index (χ2v) is 4.20. The van der Waals surface area contributed by atoms with Gasteiger partial charge in [0.1, 0.15) is 5.82 Å². The van der Waals surface area contributed by atoms with Gasteiger partial charge in [-0.3, -0.25) is 5.10 Å². The molecule has 0 atom stereocenters. The van der Waals surface area contributed by atoms with Gasteiger partial charge in [-0.25, -0.2) is 0 Å². The molecule has 0 saturated carbocycles. The molecular formula is C12H17N5. The summed E-state index contributed by atoms with van der Waals surface area (Å²) in [5, 5.41) is 15.2. The van der Waals surface area contributed by atoms with Crippen LogP contribution in [0.4, 0.5) is 5.82 Å². The molecule has 2 aromatic rings. The fraction of sp³-hybridized carbons (Fsp3) is 0.417. The van der Waals surface area contributed by atoms with Crippen LogP contribution >= 0.6 is 0 Å². The number of hydrogen-bond acceptors (Lipinski definition) is 4. The molecule has 0 fully saturated rings. The minimum absolute atomic E-state index is 0.579. The summed E-state index contributed by atoms with van der Waals surface area (Å²) in [5.74, 6) is 0.579. The minimum atomic E-state index is 0.579. The maximum Gasteiger partial charge on any atom is 0.149 e. The van der Waals surface area contributed by atoms with Gasteiger partial charge in [0, 0.05) is 11.1 Å². The highest BCUT2D eigenvalue weighted by atomic mass is 15.2. The van der Waals surface area contributed by atoms with Crippen molar-refractivity contribution in [1.29, 1.82) is 0 Å². The van der Waals surface area contributed by atoms with Gasteiger partial charge in [-0.1, -0.05) is 13.3 Å². The number of hydrogen-bond donors (Lipinski definition) is 2. The van der Waals surface area contributed by atoms with Crippen molar-refractivity contribution in [1.82, 2.24) is 20.4 Å². The van der Waals surface area contributed by atoms with Gasteiger partial charge < -0.3 is 5.73 Å². The third-order valence-corrected chi connectivity index (χ3v) is 2.77. The number of rotatable bonds is 3. The van der Waals surface area contributed by atoms with Crippen molar-refractivity contribution in [2.45, 2.75) is 33.6 Å². The molecule has 0 saturated heterocycles. The molecule has 2 aromatic heterocycles. The minimum Gasteiger partial charge on any atom is -0.382 e. The lowest BCUT2D eigenvalue weighted by Crippen LogP contribution is -1.97. The summed E-state index contributed by atoms with van der Waals surface area (Å²) in [7, 11) is 0. The SMILES string of the molecule is CCCc1c(N)n[nH]c1-c1cc(C)nnc1C. The Morgan fingerprint density at radius 2 is 2.06 bits per heavy atom. The van der Waals surface area contributed by atoms with Gasteiger partial charge in [-0.05, 0) is 26.3 Å². The van der Waals surface area contributed by atoms with E-state index >= 15 is 0 Å². The van der Waals surface area contributed by atoms with Crippen molar-refractivity contribution < 1.29 is 0 Å². The molecule has 0 amide bonds. The maximum atomic E-state index is 5.87. The number of aromatic amines is 1. The monoisotopic (exact) mass is 231 g/mol. The standard InChI is InChI=1S/C12H17N5/c1-4-5-9-11(16-17-12(9)13)10-6-7(2)14-15-8(10)3/h6H,4-5H2,1-3H3,(H3,13,16,17). The van der Waals surface area contributed by atoms with Crippen LogP contribution in [-0.4, -0.2) is 20.4 Å². The van der Waals surface area contributed by atoms with Crippen LogP contribution in [-0.2, 0) is 6.42 Å². The molecule has 3 N–H and O–H groups in total. The number of H-pyrrole nitrogens is 1. The summed E-state index contributed by atoms with van der Waals surface area (Å²) >= 11 is 0. The average molecular weight is 231 g/mol. The molecule has 2 heterocycles. The van der Waals surface area contributed by atoms with Crippen molar-refractivity contribution in [3.05, 3.63) is 23.0 Å². The van der Waals surface area contributed by atoms with Crippen molar-refractivity contribution in [2.24, 2.45) is 0 Å². The Morgan fingerprint density at radius 1 is 1.29 bits per heavy atom. The Balaban J connectivity index is 2.56. The quantitative estimate of drug-likeness (QED) is 0.846. The van der Waals surface area contributed by atoms with Gasteiger partial charge in [-0.15, -0.1) is 0 Å². The van der Waals surface area contributed by atoms with E-state index in [9.17, 15) is 0 Å². The molecule has 5 nitrogen and oxygen atoms in total. The van der Waals surface area contributed by atoms with Gasteiger partial charge in [0.2, 0.25) is 0 Å². The van der Waals surface area contributed by atoms with E-state index in [4.69, 9.17) is 5.73 Å². The van der Waals surface area contributed by atoms with Gasteiger partial charge in [0.15, 0.2) is 0 Å². The molecule has 17 heavy (non-hydrogen) atoms. The molecule has 0 aliphatic rings. The summed E-state index contributed by atoms with van der Waals surface area (Å²) in [5.41, 5.74) is 10.7. The molecule has 0 radical (unpaired) electrons. The first-order valence-corrected chi connectivity index (χ1v) is 5.77. The van der Waals surface area contributed by atoms with E-state index in [1.165, 1.54) is 0 Å². The Morgan fingerprint density at radius 3 is 2.76 bits per heavy atom. The first-order chi connectivity index (χ1) is 8.13. The van der Waals surface area contributed by atoms with Crippen LogP contribution in [0.5, 0.6) is 0 Å². The van der Waals surface area contributed by atoms with Crippen LogP contribution in [0.15, 0.2) is 6.07 Å². The van der Waals surface area contributed by atoms with E-state index in [1.807, 2.05) is 19.9 Å². The van der Waals surface area contributed by atoms with Crippen LogP contribution in [0, 0.1) is 13.8 Å². The summed E-state index contributed by atoms with van der Waals surface area (Å²) in [6.45, 7) is 5.99. The first kappa shape index (κ1) is 11.6. The van der Waals surface area contributed by atoms with Gasteiger partial charge in [0.05, 0.1) is 17.1 Å². The van der Waals surface area contributed by atoms with Gasteiger partial charge >= 0.3 is 0 Å². The maximum absolute atomic E-state index is 5.87. The van der Waals surface area contributed by atoms with Crippen LogP contribution in [0.25, 0.3) is 11.3 Å². The van der Waals surface area contributed by atoms with Crippen LogP contribution in [0.2, 0.25) is 0 Å². The number of aromatic nitrogens is 4. The normalized spacial score (nSPS) is 10.8. The lowest BCUT2D eigenvalue weighted by Gasteiger charge is -2.06. The van der Waals surface area contributed by atoms with Gasteiger partial charge in [0.25, 0.3) is 0 Å². The van der Waals surface area contributed by atoms with E-state index in [-0.39, 0.29) is 0 Å². The highest BCUT2D eigenvalue weighted by molar-refractivity contribution is 5.69. The largest absolute Gasteiger partial charge is 0.382 e. The number of aryl methyl sites for hydroxylation is 2.